The molecule has 0 radical (unpaired) electrons. The van der Waals surface area contributed by atoms with E-state index in [9.17, 15) is 9.59 Å². The number of H-pyrrole nitrogens is 1. The van der Waals surface area contributed by atoms with Gasteiger partial charge in [-0.05, 0) is 42.5 Å². The first-order valence-corrected chi connectivity index (χ1v) is 8.38. The number of rotatable bonds is 5. The lowest BCUT2D eigenvalue weighted by Crippen LogP contribution is -2.34. The van der Waals surface area contributed by atoms with Crippen LogP contribution in [0, 0.1) is 0 Å². The quantitative estimate of drug-likeness (QED) is 0.526. The Balaban J connectivity index is 1.55. The van der Waals surface area contributed by atoms with Crippen LogP contribution in [0.5, 0.6) is 11.5 Å². The number of fused-ring (bicyclic) bond motifs is 1. The first kappa shape index (κ1) is 17.5. The van der Waals surface area contributed by atoms with E-state index in [2.05, 4.69) is 15.1 Å². The molecule has 2 aromatic carbocycles. The van der Waals surface area contributed by atoms with Gasteiger partial charge in [-0.25, -0.2) is 0 Å². The number of benzene rings is 2. The van der Waals surface area contributed by atoms with E-state index in [1.54, 1.807) is 56.6 Å². The van der Waals surface area contributed by atoms with Gasteiger partial charge in [0.05, 0.1) is 18.1 Å². The van der Waals surface area contributed by atoms with Gasteiger partial charge in [0.1, 0.15) is 11.5 Å². The molecular weight excluding hydrogens is 364 g/mol. The highest BCUT2D eigenvalue weighted by Crippen LogP contribution is 2.21. The summed E-state index contributed by atoms with van der Waals surface area (Å²) in [7, 11) is 3.14. The molecule has 28 heavy (non-hydrogen) atoms. The van der Waals surface area contributed by atoms with Crippen LogP contribution in [0.25, 0.3) is 22.4 Å². The number of nitrogens with zero attached hydrogens (tertiary/aromatic N) is 3. The van der Waals surface area contributed by atoms with Gasteiger partial charge in [-0.1, -0.05) is 5.16 Å². The van der Waals surface area contributed by atoms with Gasteiger partial charge in [0.2, 0.25) is 5.82 Å². The molecule has 2 heterocycles. The molecular formula is C19H16N4O5. The zero-order valence-corrected chi connectivity index (χ0v) is 15.1. The van der Waals surface area contributed by atoms with E-state index in [-0.39, 0.29) is 6.61 Å². The van der Waals surface area contributed by atoms with Crippen LogP contribution in [0.1, 0.15) is 5.89 Å². The van der Waals surface area contributed by atoms with E-state index in [0.29, 0.717) is 34.1 Å². The fourth-order valence-electron chi connectivity index (χ4n) is 2.75. The second-order valence-corrected chi connectivity index (χ2v) is 6.03. The molecule has 4 aromatic rings. The zero-order chi connectivity index (χ0) is 19.7. The number of hydrogen-bond donors (Lipinski definition) is 1. The highest BCUT2D eigenvalue weighted by Gasteiger charge is 2.12. The lowest BCUT2D eigenvalue weighted by Gasteiger charge is -2.04. The third-order valence-electron chi connectivity index (χ3n) is 4.25. The first-order valence-electron chi connectivity index (χ1n) is 8.38. The van der Waals surface area contributed by atoms with Crippen LogP contribution in [0.15, 0.2) is 56.6 Å². The van der Waals surface area contributed by atoms with Crippen LogP contribution in [-0.2, 0) is 13.7 Å². The first-order chi connectivity index (χ1) is 13.5. The average molecular weight is 380 g/mol. The molecule has 2 aromatic heterocycles. The highest BCUT2D eigenvalue weighted by molar-refractivity contribution is 5.79. The Kier molecular flexibility index (Phi) is 4.40. The van der Waals surface area contributed by atoms with Crippen LogP contribution < -0.4 is 20.6 Å². The average Bonchev–Trinajstić information content (AvgIpc) is 3.20. The third kappa shape index (κ3) is 3.25. The van der Waals surface area contributed by atoms with Crippen molar-refractivity contribution in [2.75, 3.05) is 7.11 Å². The van der Waals surface area contributed by atoms with Gasteiger partial charge in [0.25, 0.3) is 5.89 Å². The predicted octanol–water partition coefficient (Wildman–Crippen LogP) is 1.86. The van der Waals surface area contributed by atoms with Crippen LogP contribution >= 0.6 is 0 Å². The van der Waals surface area contributed by atoms with Crippen molar-refractivity contribution in [3.05, 3.63) is 69.1 Å². The second kappa shape index (κ2) is 7.03. The van der Waals surface area contributed by atoms with Crippen molar-refractivity contribution in [1.29, 1.82) is 0 Å². The second-order valence-electron chi connectivity index (χ2n) is 6.03. The van der Waals surface area contributed by atoms with Gasteiger partial charge < -0.3 is 23.5 Å². The maximum absolute atomic E-state index is 11.7. The topological polar surface area (TPSA) is 112 Å². The molecule has 4 rings (SSSR count). The molecule has 0 unspecified atom stereocenters. The molecule has 0 saturated carbocycles. The predicted molar refractivity (Wildman–Crippen MR) is 100 cm³/mol. The molecule has 0 spiro atoms. The Morgan fingerprint density at radius 3 is 2.61 bits per heavy atom. The van der Waals surface area contributed by atoms with E-state index < -0.39 is 11.1 Å². The van der Waals surface area contributed by atoms with Gasteiger partial charge in [-0.15, -0.1) is 0 Å². The number of ether oxygens (including phenoxy) is 2. The van der Waals surface area contributed by atoms with E-state index in [1.807, 2.05) is 0 Å². The minimum Gasteiger partial charge on any atom is -0.497 e. The summed E-state index contributed by atoms with van der Waals surface area (Å²) in [6, 6.07) is 12.3. The minimum absolute atomic E-state index is 0.109. The molecule has 0 atom stereocenters. The van der Waals surface area contributed by atoms with Gasteiger partial charge in [0.15, 0.2) is 6.61 Å². The van der Waals surface area contributed by atoms with Crippen LogP contribution in [-0.4, -0.2) is 26.8 Å². The van der Waals surface area contributed by atoms with Crippen molar-refractivity contribution in [3.63, 3.8) is 0 Å². The molecule has 0 saturated heterocycles. The Morgan fingerprint density at radius 1 is 1.11 bits per heavy atom. The number of nitrogens with one attached hydrogen (secondary N) is 1. The molecule has 0 bridgehead atoms. The van der Waals surface area contributed by atoms with Crippen molar-refractivity contribution < 1.29 is 14.0 Å². The smallest absolute Gasteiger partial charge is 0.316 e. The van der Waals surface area contributed by atoms with Crippen molar-refractivity contribution in [1.82, 2.24) is 19.7 Å². The lowest BCUT2D eigenvalue weighted by atomic mass is 10.2. The molecule has 0 aliphatic heterocycles. The molecule has 9 heteroatoms. The van der Waals surface area contributed by atoms with Gasteiger partial charge in [-0.3, -0.25) is 9.59 Å². The molecule has 0 fully saturated rings. The van der Waals surface area contributed by atoms with Gasteiger partial charge >= 0.3 is 11.1 Å². The Labute approximate surface area is 158 Å². The molecule has 0 aliphatic carbocycles. The summed E-state index contributed by atoms with van der Waals surface area (Å²) in [6.45, 7) is 0.109. The van der Waals surface area contributed by atoms with Gasteiger partial charge in [-0.2, -0.15) is 4.98 Å². The molecule has 0 aliphatic rings. The standard InChI is InChI=1S/C19H16N4O5/c1-23-15-8-3-11(9-14(15)20-18(24)19(23)25)17-21-16(28-22-17)10-27-13-6-4-12(26-2)5-7-13/h3-9H,10H2,1-2H3,(H,20,24). The van der Waals surface area contributed by atoms with E-state index in [4.69, 9.17) is 14.0 Å². The summed E-state index contributed by atoms with van der Waals surface area (Å²) in [5.41, 5.74) is 0.443. The monoisotopic (exact) mass is 380 g/mol. The number of aryl methyl sites for hydroxylation is 1. The summed E-state index contributed by atoms with van der Waals surface area (Å²) >= 11 is 0. The SMILES string of the molecule is COc1ccc(OCc2nc(-c3ccc4c(c3)[nH]c(=O)c(=O)n4C)no2)cc1. The van der Waals surface area contributed by atoms with E-state index in [1.165, 1.54) is 4.57 Å². The third-order valence-corrected chi connectivity index (χ3v) is 4.25. The van der Waals surface area contributed by atoms with E-state index >= 15 is 0 Å². The van der Waals surface area contributed by atoms with Crippen molar-refractivity contribution >= 4 is 11.0 Å². The Hall–Kier alpha value is -3.88. The van der Waals surface area contributed by atoms with Crippen molar-refractivity contribution in [2.45, 2.75) is 6.61 Å². The van der Waals surface area contributed by atoms with Crippen LogP contribution in [0.4, 0.5) is 0 Å². The maximum Gasteiger partial charge on any atom is 0.316 e. The summed E-state index contributed by atoms with van der Waals surface area (Å²) in [4.78, 5) is 30.3. The fraction of sp³-hybridized carbons (Fsp3) is 0.158. The Bertz CT molecular complexity index is 1250. The zero-order valence-electron chi connectivity index (χ0n) is 15.1. The number of aromatic nitrogens is 4. The Morgan fingerprint density at radius 2 is 1.86 bits per heavy atom. The number of hydrogen-bond acceptors (Lipinski definition) is 7. The number of aromatic amines is 1. The van der Waals surface area contributed by atoms with Crippen LogP contribution in [0.2, 0.25) is 0 Å². The molecule has 142 valence electrons. The fourth-order valence-corrected chi connectivity index (χ4v) is 2.75. The summed E-state index contributed by atoms with van der Waals surface area (Å²) < 4.78 is 17.2. The normalized spacial score (nSPS) is 10.9. The minimum atomic E-state index is -0.686. The largest absolute Gasteiger partial charge is 0.497 e. The highest BCUT2D eigenvalue weighted by atomic mass is 16.5. The summed E-state index contributed by atoms with van der Waals surface area (Å²) in [6.07, 6.45) is 0. The van der Waals surface area contributed by atoms with Crippen molar-refractivity contribution in [3.8, 4) is 22.9 Å². The summed E-state index contributed by atoms with van der Waals surface area (Å²) in [5, 5.41) is 3.95. The molecule has 1 N–H and O–H groups in total. The summed E-state index contributed by atoms with van der Waals surface area (Å²) in [5.74, 6) is 2.04. The maximum atomic E-state index is 11.7. The number of methoxy groups -OCH3 is 1. The molecule has 0 amide bonds. The molecule has 9 nitrogen and oxygen atoms in total. The lowest BCUT2D eigenvalue weighted by molar-refractivity contribution is 0.242. The van der Waals surface area contributed by atoms with Crippen LogP contribution in [0.3, 0.4) is 0 Å². The van der Waals surface area contributed by atoms with E-state index in [0.717, 1.165) is 5.75 Å². The van der Waals surface area contributed by atoms with Gasteiger partial charge in [0, 0.05) is 12.6 Å². The van der Waals surface area contributed by atoms with Crippen molar-refractivity contribution in [2.24, 2.45) is 7.05 Å².